The number of hydrogen-bond donors (Lipinski definition) is 1. The van der Waals surface area contributed by atoms with Gasteiger partial charge in [-0.3, -0.25) is 9.36 Å². The number of nitrogens with zero attached hydrogens (tertiary/aromatic N) is 3. The van der Waals surface area contributed by atoms with Crippen LogP contribution in [0, 0.1) is 0 Å². The third-order valence-electron chi connectivity index (χ3n) is 5.39. The molecular formula is C25H20Cl2N4O3S. The molecule has 0 fully saturated rings. The van der Waals surface area contributed by atoms with Crippen LogP contribution in [0.3, 0.4) is 0 Å². The molecule has 1 aliphatic heterocycles. The molecule has 7 nitrogen and oxygen atoms in total. The Hall–Kier alpha value is -3.20. The molecule has 2 heterocycles. The molecule has 1 aromatic heterocycles. The minimum absolute atomic E-state index is 0.143. The topological polar surface area (TPSA) is 78.3 Å². The summed E-state index contributed by atoms with van der Waals surface area (Å²) in [7, 11) is 0. The Kier molecular flexibility index (Phi) is 6.86. The molecule has 5 rings (SSSR count). The van der Waals surface area contributed by atoms with E-state index in [9.17, 15) is 4.79 Å². The van der Waals surface area contributed by atoms with Gasteiger partial charge in [-0.05, 0) is 48.9 Å². The Morgan fingerprint density at radius 2 is 1.86 bits per heavy atom. The van der Waals surface area contributed by atoms with E-state index in [2.05, 4.69) is 27.6 Å². The largest absolute Gasteiger partial charge is 0.454 e. The lowest BCUT2D eigenvalue weighted by Gasteiger charge is -2.17. The van der Waals surface area contributed by atoms with Gasteiger partial charge in [0.25, 0.3) is 5.91 Å². The van der Waals surface area contributed by atoms with Crippen molar-refractivity contribution in [3.63, 3.8) is 0 Å². The zero-order valence-corrected chi connectivity index (χ0v) is 20.9. The second-order valence-corrected chi connectivity index (χ2v) is 9.60. The molecule has 1 aliphatic rings. The van der Waals surface area contributed by atoms with Crippen LogP contribution in [-0.4, -0.2) is 27.5 Å². The van der Waals surface area contributed by atoms with Crippen LogP contribution in [0.1, 0.15) is 34.7 Å². The summed E-state index contributed by atoms with van der Waals surface area (Å²) in [5.74, 6) is 2.10. The fourth-order valence-electron chi connectivity index (χ4n) is 3.64. The number of halogens is 2. The lowest BCUT2D eigenvalue weighted by molar-refractivity contribution is 0.0937. The van der Waals surface area contributed by atoms with E-state index in [1.54, 1.807) is 36.4 Å². The van der Waals surface area contributed by atoms with Crippen molar-refractivity contribution in [3.05, 3.63) is 93.7 Å². The lowest BCUT2D eigenvalue weighted by atomic mass is 10.1. The number of thioether (sulfide) groups is 1. The molecule has 0 saturated heterocycles. The monoisotopic (exact) mass is 526 g/mol. The first-order valence-corrected chi connectivity index (χ1v) is 12.5. The van der Waals surface area contributed by atoms with Gasteiger partial charge in [0.2, 0.25) is 6.79 Å². The van der Waals surface area contributed by atoms with Crippen LogP contribution < -0.4 is 14.8 Å². The van der Waals surface area contributed by atoms with Crippen molar-refractivity contribution in [2.75, 3.05) is 6.79 Å². The van der Waals surface area contributed by atoms with Crippen molar-refractivity contribution in [3.8, 4) is 17.2 Å². The van der Waals surface area contributed by atoms with Crippen LogP contribution in [0.2, 0.25) is 10.0 Å². The van der Waals surface area contributed by atoms with Crippen LogP contribution in [0.5, 0.6) is 11.5 Å². The van der Waals surface area contributed by atoms with Gasteiger partial charge in [-0.15, -0.1) is 10.2 Å². The number of carbonyl (C=O) groups is 1. The summed E-state index contributed by atoms with van der Waals surface area (Å²) in [5, 5.41) is 13.5. The van der Waals surface area contributed by atoms with E-state index < -0.39 is 6.04 Å². The van der Waals surface area contributed by atoms with Gasteiger partial charge in [0.15, 0.2) is 22.5 Å². The smallest absolute Gasteiger partial charge is 0.252 e. The van der Waals surface area contributed by atoms with Crippen LogP contribution in [-0.2, 0) is 5.75 Å². The van der Waals surface area contributed by atoms with Crippen molar-refractivity contribution < 1.29 is 14.3 Å². The SMILES string of the molecule is CC(NC(=O)c1ccc2c(c1)OCO2)c1nnc(SCc2ccccc2)n1-c1cc(Cl)ccc1Cl. The fraction of sp³-hybridized carbons (Fsp3) is 0.160. The normalized spacial score (nSPS) is 13.0. The summed E-state index contributed by atoms with van der Waals surface area (Å²) in [6, 6.07) is 19.9. The molecule has 10 heteroatoms. The number of amides is 1. The third-order valence-corrected chi connectivity index (χ3v) is 6.94. The Morgan fingerprint density at radius 3 is 2.69 bits per heavy atom. The molecule has 178 valence electrons. The molecule has 1 amide bonds. The van der Waals surface area contributed by atoms with E-state index in [1.807, 2.05) is 29.7 Å². The van der Waals surface area contributed by atoms with Crippen molar-refractivity contribution in [1.29, 1.82) is 0 Å². The maximum atomic E-state index is 13.0. The maximum absolute atomic E-state index is 13.0. The number of hydrogen-bond acceptors (Lipinski definition) is 6. The van der Waals surface area contributed by atoms with E-state index in [4.69, 9.17) is 32.7 Å². The zero-order valence-electron chi connectivity index (χ0n) is 18.6. The second-order valence-electron chi connectivity index (χ2n) is 7.81. The van der Waals surface area contributed by atoms with E-state index in [1.165, 1.54) is 11.8 Å². The van der Waals surface area contributed by atoms with Crippen molar-refractivity contribution in [2.24, 2.45) is 0 Å². The summed E-state index contributed by atoms with van der Waals surface area (Å²) < 4.78 is 12.6. The van der Waals surface area contributed by atoms with Gasteiger partial charge in [-0.1, -0.05) is 65.3 Å². The van der Waals surface area contributed by atoms with Crippen LogP contribution in [0.25, 0.3) is 5.69 Å². The average Bonchev–Trinajstić information content (AvgIpc) is 3.51. The summed E-state index contributed by atoms with van der Waals surface area (Å²) >= 11 is 14.4. The highest BCUT2D eigenvalue weighted by Crippen LogP contribution is 2.34. The number of carbonyl (C=O) groups excluding carboxylic acids is 1. The van der Waals surface area contributed by atoms with Gasteiger partial charge in [-0.2, -0.15) is 0 Å². The zero-order chi connectivity index (χ0) is 24.4. The molecule has 0 aliphatic carbocycles. The van der Waals surface area contributed by atoms with Crippen molar-refractivity contribution >= 4 is 40.9 Å². The van der Waals surface area contributed by atoms with Crippen molar-refractivity contribution in [2.45, 2.75) is 23.9 Å². The molecule has 35 heavy (non-hydrogen) atoms. The number of rotatable bonds is 7. The molecular weight excluding hydrogens is 507 g/mol. The van der Waals surface area contributed by atoms with Gasteiger partial charge in [0, 0.05) is 16.3 Å². The molecule has 0 bridgehead atoms. The van der Waals surface area contributed by atoms with Gasteiger partial charge in [0.05, 0.1) is 16.8 Å². The number of ether oxygens (including phenoxy) is 2. The minimum atomic E-state index is -0.485. The van der Waals surface area contributed by atoms with Gasteiger partial charge >= 0.3 is 0 Å². The predicted octanol–water partition coefficient (Wildman–Crippen LogP) is 6.09. The average molecular weight is 527 g/mol. The van der Waals surface area contributed by atoms with E-state index in [0.717, 1.165) is 5.56 Å². The molecule has 1 N–H and O–H groups in total. The fourth-order valence-corrected chi connectivity index (χ4v) is 4.92. The Morgan fingerprint density at radius 1 is 1.06 bits per heavy atom. The first kappa shape index (κ1) is 23.5. The number of fused-ring (bicyclic) bond motifs is 1. The number of nitrogens with one attached hydrogen (secondary N) is 1. The predicted molar refractivity (Wildman–Crippen MR) is 136 cm³/mol. The molecule has 4 aromatic rings. The van der Waals surface area contributed by atoms with Crippen LogP contribution >= 0.6 is 35.0 Å². The van der Waals surface area contributed by atoms with E-state index >= 15 is 0 Å². The first-order chi connectivity index (χ1) is 17.0. The first-order valence-electron chi connectivity index (χ1n) is 10.8. The quantitative estimate of drug-likeness (QED) is 0.293. The summed E-state index contributed by atoms with van der Waals surface area (Å²) in [5.41, 5.74) is 2.24. The summed E-state index contributed by atoms with van der Waals surface area (Å²) in [6.45, 7) is 1.99. The summed E-state index contributed by atoms with van der Waals surface area (Å²) in [6.07, 6.45) is 0. The third kappa shape index (κ3) is 5.10. The molecule has 1 atom stereocenters. The highest BCUT2D eigenvalue weighted by atomic mass is 35.5. The number of benzene rings is 3. The molecule has 0 spiro atoms. The molecule has 0 radical (unpaired) electrons. The Bertz CT molecular complexity index is 1380. The highest BCUT2D eigenvalue weighted by Gasteiger charge is 2.24. The molecule has 0 saturated carbocycles. The van der Waals surface area contributed by atoms with Gasteiger partial charge < -0.3 is 14.8 Å². The number of aromatic nitrogens is 3. The van der Waals surface area contributed by atoms with Gasteiger partial charge in [0.1, 0.15) is 0 Å². The van der Waals surface area contributed by atoms with Crippen molar-refractivity contribution in [1.82, 2.24) is 20.1 Å². The molecule has 1 unspecified atom stereocenters. The van der Waals surface area contributed by atoms with Crippen LogP contribution in [0.15, 0.2) is 71.9 Å². The standard InChI is InChI=1S/C25H20Cl2N4O3S/c1-15(28-24(32)17-7-10-21-22(11-17)34-14-33-21)23-29-30-25(35-13-16-5-3-2-4-6-16)31(23)20-12-18(26)8-9-19(20)27/h2-12,15H,13-14H2,1H3,(H,28,32). The highest BCUT2D eigenvalue weighted by molar-refractivity contribution is 7.98. The molecule has 3 aromatic carbocycles. The Labute approximate surface area is 216 Å². The lowest BCUT2D eigenvalue weighted by Crippen LogP contribution is -2.28. The van der Waals surface area contributed by atoms with Crippen LogP contribution in [0.4, 0.5) is 0 Å². The van der Waals surface area contributed by atoms with Gasteiger partial charge in [-0.25, -0.2) is 0 Å². The second kappa shape index (κ2) is 10.2. The maximum Gasteiger partial charge on any atom is 0.252 e. The van der Waals surface area contributed by atoms with E-state index in [-0.39, 0.29) is 12.7 Å². The minimum Gasteiger partial charge on any atom is -0.454 e. The van der Waals surface area contributed by atoms with E-state index in [0.29, 0.717) is 49.5 Å². The summed E-state index contributed by atoms with van der Waals surface area (Å²) in [4.78, 5) is 13.0. The Balaban J connectivity index is 1.45.